The van der Waals surface area contributed by atoms with Crippen molar-refractivity contribution >= 4 is 37.7 Å². The normalized spacial score (nSPS) is 14.3. The molecule has 15 heteroatoms. The highest BCUT2D eigenvalue weighted by Gasteiger charge is 2.30. The predicted molar refractivity (Wildman–Crippen MR) is 132 cm³/mol. The number of rotatable bonds is 15. The van der Waals surface area contributed by atoms with Gasteiger partial charge in [-0.1, -0.05) is 26.0 Å². The molecule has 14 nitrogen and oxygen atoms in total. The first kappa shape index (κ1) is 31.0. The molecule has 0 fully saturated rings. The number of nitrogens with one attached hydrogen (secondary N) is 4. The first-order chi connectivity index (χ1) is 16.9. The minimum absolute atomic E-state index is 0.142. The lowest BCUT2D eigenvalue weighted by Gasteiger charge is -2.26. The van der Waals surface area contributed by atoms with Crippen LogP contribution >= 0.6 is 8.25 Å². The van der Waals surface area contributed by atoms with Crippen molar-refractivity contribution in [2.45, 2.75) is 51.4 Å². The summed E-state index contributed by atoms with van der Waals surface area (Å²) in [6.45, 7) is 2.85. The number of benzene rings is 1. The third-order valence-electron chi connectivity index (χ3n) is 4.98. The first-order valence-corrected chi connectivity index (χ1v) is 12.5. The van der Waals surface area contributed by atoms with Crippen LogP contribution in [0.5, 0.6) is 0 Å². The molecule has 0 heterocycles. The standard InChI is InChI=1S/C21H35N6O8P/c1-12(2)17(27-18(29)15(22)11-35-36(33)34)20(31)26-16(4-3-9-24-21(23)32)19(30)25-14-7-5-13(10-28)6-8-14/h5-8,12,15-17,28,36H,3-4,9-11,22H2,1-2H3,(H,25,30)(H,26,31)(H,27,29)(H,33,34)(H3,23,24,32)/t15-,16+,17+/m1/s1. The van der Waals surface area contributed by atoms with Gasteiger partial charge in [0, 0.05) is 12.2 Å². The number of primary amides is 1. The lowest BCUT2D eigenvalue weighted by Crippen LogP contribution is -2.57. The number of anilines is 1. The molecule has 1 rings (SSSR count). The lowest BCUT2D eigenvalue weighted by atomic mass is 10.0. The van der Waals surface area contributed by atoms with E-state index in [2.05, 4.69) is 25.8 Å². The first-order valence-electron chi connectivity index (χ1n) is 11.2. The van der Waals surface area contributed by atoms with Crippen molar-refractivity contribution in [3.63, 3.8) is 0 Å². The third kappa shape index (κ3) is 11.6. The van der Waals surface area contributed by atoms with Crippen molar-refractivity contribution < 1.29 is 38.3 Å². The molecule has 0 spiro atoms. The summed E-state index contributed by atoms with van der Waals surface area (Å²) in [6, 6.07) is 2.34. The summed E-state index contributed by atoms with van der Waals surface area (Å²) in [5.41, 5.74) is 11.8. The Labute approximate surface area is 209 Å². The zero-order chi connectivity index (χ0) is 27.3. The molecule has 0 saturated heterocycles. The number of carbonyl (C=O) groups excluding carboxylic acids is 4. The molecule has 5 amide bonds. The molecule has 1 unspecified atom stereocenters. The quantitative estimate of drug-likeness (QED) is 0.101. The van der Waals surface area contributed by atoms with Gasteiger partial charge in [-0.05, 0) is 36.5 Å². The molecular weight excluding hydrogens is 495 g/mol. The van der Waals surface area contributed by atoms with Crippen LogP contribution in [0.4, 0.5) is 10.5 Å². The smallest absolute Gasteiger partial charge is 0.316 e. The van der Waals surface area contributed by atoms with Gasteiger partial charge in [0.25, 0.3) is 0 Å². The topological polar surface area (TPSA) is 235 Å². The van der Waals surface area contributed by atoms with E-state index < -0.39 is 62.7 Å². The second kappa shape index (κ2) is 15.9. The molecule has 202 valence electrons. The van der Waals surface area contributed by atoms with Crippen LogP contribution in [0.1, 0.15) is 32.3 Å². The molecule has 4 atom stereocenters. The molecule has 36 heavy (non-hydrogen) atoms. The maximum atomic E-state index is 13.0. The minimum Gasteiger partial charge on any atom is -0.392 e. The maximum absolute atomic E-state index is 13.0. The van der Waals surface area contributed by atoms with Crippen molar-refractivity contribution in [3.05, 3.63) is 29.8 Å². The number of aliphatic hydroxyl groups excluding tert-OH is 1. The van der Waals surface area contributed by atoms with Crippen LogP contribution in [-0.2, 0) is 30.1 Å². The molecule has 0 aromatic heterocycles. The van der Waals surface area contributed by atoms with E-state index in [-0.39, 0.29) is 19.6 Å². The fourth-order valence-corrected chi connectivity index (χ4v) is 3.33. The fourth-order valence-electron chi connectivity index (χ4n) is 3.00. The van der Waals surface area contributed by atoms with E-state index in [1.165, 1.54) is 0 Å². The van der Waals surface area contributed by atoms with E-state index in [0.29, 0.717) is 17.7 Å². The second-order valence-electron chi connectivity index (χ2n) is 8.25. The molecule has 0 bridgehead atoms. The molecule has 1 aromatic carbocycles. The van der Waals surface area contributed by atoms with Crippen LogP contribution in [0.2, 0.25) is 0 Å². The van der Waals surface area contributed by atoms with Crippen LogP contribution in [0.15, 0.2) is 24.3 Å². The van der Waals surface area contributed by atoms with Gasteiger partial charge in [-0.2, -0.15) is 0 Å². The van der Waals surface area contributed by atoms with Crippen molar-refractivity contribution in [2.75, 3.05) is 18.5 Å². The van der Waals surface area contributed by atoms with E-state index in [1.54, 1.807) is 38.1 Å². The Morgan fingerprint density at radius 1 is 1.06 bits per heavy atom. The largest absolute Gasteiger partial charge is 0.392 e. The average molecular weight is 531 g/mol. The van der Waals surface area contributed by atoms with Crippen LogP contribution in [0.25, 0.3) is 0 Å². The van der Waals surface area contributed by atoms with Gasteiger partial charge < -0.3 is 47.3 Å². The van der Waals surface area contributed by atoms with E-state index in [9.17, 15) is 23.7 Å². The van der Waals surface area contributed by atoms with E-state index in [0.717, 1.165) is 0 Å². The van der Waals surface area contributed by atoms with Crippen LogP contribution in [-0.4, -0.2) is 65.0 Å². The Bertz CT molecular complexity index is 914. The maximum Gasteiger partial charge on any atom is 0.316 e. The molecule has 10 N–H and O–H groups in total. The number of aliphatic hydroxyl groups is 1. The second-order valence-corrected chi connectivity index (χ2v) is 9.07. The van der Waals surface area contributed by atoms with Crippen LogP contribution < -0.4 is 32.7 Å². The van der Waals surface area contributed by atoms with Gasteiger partial charge in [0.1, 0.15) is 18.1 Å². The van der Waals surface area contributed by atoms with Crippen LogP contribution in [0, 0.1) is 5.92 Å². The zero-order valence-electron chi connectivity index (χ0n) is 20.2. The van der Waals surface area contributed by atoms with Gasteiger partial charge in [0.2, 0.25) is 17.7 Å². The number of amides is 5. The number of urea groups is 1. The van der Waals surface area contributed by atoms with Gasteiger partial charge >= 0.3 is 14.3 Å². The molecular formula is C21H35N6O8P. The molecule has 0 radical (unpaired) electrons. The minimum atomic E-state index is -3.27. The number of hydrogen-bond donors (Lipinski definition) is 8. The van der Waals surface area contributed by atoms with E-state index in [4.69, 9.17) is 21.5 Å². The zero-order valence-corrected chi connectivity index (χ0v) is 21.2. The summed E-state index contributed by atoms with van der Waals surface area (Å²) in [6.07, 6.45) is 0.454. The third-order valence-corrected chi connectivity index (χ3v) is 5.39. The lowest BCUT2D eigenvalue weighted by molar-refractivity contribution is -0.132. The average Bonchev–Trinajstić information content (AvgIpc) is 2.82. The Morgan fingerprint density at radius 3 is 2.22 bits per heavy atom. The Kier molecular flexibility index (Phi) is 13.7. The fraction of sp³-hybridized carbons (Fsp3) is 0.524. The highest BCUT2D eigenvalue weighted by atomic mass is 31.1. The highest BCUT2D eigenvalue weighted by Crippen LogP contribution is 2.14. The van der Waals surface area contributed by atoms with Crippen molar-refractivity contribution in [1.29, 1.82) is 0 Å². The molecule has 0 saturated carbocycles. The van der Waals surface area contributed by atoms with Crippen LogP contribution in [0.3, 0.4) is 0 Å². The summed E-state index contributed by atoms with van der Waals surface area (Å²) in [5.74, 6) is -2.36. The molecule has 0 aliphatic heterocycles. The van der Waals surface area contributed by atoms with Crippen molar-refractivity contribution in [3.8, 4) is 0 Å². The summed E-state index contributed by atoms with van der Waals surface area (Å²) in [7, 11) is -3.27. The number of nitrogens with two attached hydrogens (primary N) is 2. The SMILES string of the molecule is CC(C)[C@H](NC(=O)[C@H](N)CO[PH](=O)O)C(=O)N[C@@H](CCCNC(N)=O)C(=O)Nc1ccc(CO)cc1. The molecule has 0 aliphatic rings. The van der Waals surface area contributed by atoms with Gasteiger partial charge in [-0.15, -0.1) is 0 Å². The van der Waals surface area contributed by atoms with Gasteiger partial charge in [0.15, 0.2) is 0 Å². The van der Waals surface area contributed by atoms with Gasteiger partial charge in [-0.3, -0.25) is 18.9 Å². The van der Waals surface area contributed by atoms with Gasteiger partial charge in [-0.25, -0.2) is 4.79 Å². The number of hydrogen-bond acceptors (Lipinski definition) is 8. The summed E-state index contributed by atoms with van der Waals surface area (Å²) >= 11 is 0. The predicted octanol–water partition coefficient (Wildman–Crippen LogP) is -1.08. The molecule has 1 aromatic rings. The van der Waals surface area contributed by atoms with Gasteiger partial charge in [0.05, 0.1) is 13.2 Å². The highest BCUT2D eigenvalue weighted by molar-refractivity contribution is 7.32. The Hall–Kier alpha value is -3.03. The summed E-state index contributed by atoms with van der Waals surface area (Å²) in [4.78, 5) is 58.0. The van der Waals surface area contributed by atoms with E-state index in [1.807, 2.05) is 0 Å². The number of carbonyl (C=O) groups is 4. The van der Waals surface area contributed by atoms with E-state index >= 15 is 0 Å². The monoisotopic (exact) mass is 530 g/mol. The molecule has 0 aliphatic carbocycles. The van der Waals surface area contributed by atoms with Crippen molar-refractivity contribution in [2.24, 2.45) is 17.4 Å². The Morgan fingerprint density at radius 2 is 1.69 bits per heavy atom. The summed E-state index contributed by atoms with van der Waals surface area (Å²) < 4.78 is 15.2. The summed E-state index contributed by atoms with van der Waals surface area (Å²) in [5, 5.41) is 19.3. The Balaban J connectivity index is 2.92. The van der Waals surface area contributed by atoms with Crippen molar-refractivity contribution in [1.82, 2.24) is 16.0 Å².